The van der Waals surface area contributed by atoms with Gasteiger partial charge in [0.25, 0.3) is 0 Å². The van der Waals surface area contributed by atoms with Crippen LogP contribution in [0.15, 0.2) is 59.1 Å². The Balaban J connectivity index is 2.33. The van der Waals surface area contributed by atoms with Gasteiger partial charge < -0.3 is 4.90 Å². The number of halogens is 1. The summed E-state index contributed by atoms with van der Waals surface area (Å²) in [4.78, 5) is 14.6. The number of carbonyl (C=O) groups excluding carboxylic acids is 1. The van der Waals surface area contributed by atoms with E-state index in [-0.39, 0.29) is 5.78 Å². The number of hydrogen-bond acceptors (Lipinski definition) is 2. The predicted molar refractivity (Wildman–Crippen MR) is 96.6 cm³/mol. The van der Waals surface area contributed by atoms with Crippen molar-refractivity contribution in [2.45, 2.75) is 6.42 Å². The Morgan fingerprint density at radius 3 is 2.27 bits per heavy atom. The summed E-state index contributed by atoms with van der Waals surface area (Å²) >= 11 is 3.43. The zero-order valence-electron chi connectivity index (χ0n) is 12.9. The molecule has 0 fully saturated rings. The molecule has 0 N–H and O–H groups in total. The van der Waals surface area contributed by atoms with Crippen molar-refractivity contribution >= 4 is 33.4 Å². The molecule has 2 nitrogen and oxygen atoms in total. The molecule has 0 spiro atoms. The molecule has 3 heteroatoms. The van der Waals surface area contributed by atoms with Gasteiger partial charge in [0.05, 0.1) is 0 Å². The third-order valence-corrected chi connectivity index (χ3v) is 3.88. The minimum absolute atomic E-state index is 0.169. The highest BCUT2D eigenvalue weighted by atomic mass is 79.9. The van der Waals surface area contributed by atoms with Crippen molar-refractivity contribution in [2.24, 2.45) is 0 Å². The van der Waals surface area contributed by atoms with E-state index < -0.39 is 0 Å². The summed E-state index contributed by atoms with van der Waals surface area (Å²) < 4.78 is 1.03. The number of Topliss-reactive ketones (excluding diaryl/α,β-unsaturated/α-hetero) is 1. The minimum atomic E-state index is 0.169. The molecule has 22 heavy (non-hydrogen) atoms. The van der Waals surface area contributed by atoms with Gasteiger partial charge in [-0.3, -0.25) is 4.79 Å². The molecule has 0 radical (unpaired) electrons. The van der Waals surface area contributed by atoms with Crippen LogP contribution in [-0.2, 0) is 4.79 Å². The average Bonchev–Trinajstić information content (AvgIpc) is 2.53. The van der Waals surface area contributed by atoms with Gasteiger partial charge in [-0.2, -0.15) is 0 Å². The van der Waals surface area contributed by atoms with E-state index in [9.17, 15) is 4.79 Å². The first-order valence-corrected chi connectivity index (χ1v) is 8.06. The summed E-state index contributed by atoms with van der Waals surface area (Å²) in [5.41, 5.74) is 2.76. The Morgan fingerprint density at radius 2 is 1.68 bits per heavy atom. The Kier molecular flexibility index (Phi) is 6.10. The van der Waals surface area contributed by atoms with Gasteiger partial charge in [-0.05, 0) is 43.4 Å². The lowest BCUT2D eigenvalue weighted by atomic mass is 9.97. The van der Waals surface area contributed by atoms with Gasteiger partial charge in [0.15, 0.2) is 5.78 Å². The van der Waals surface area contributed by atoms with Crippen molar-refractivity contribution < 1.29 is 4.79 Å². The standard InChI is InChI=1S/C19H20BrNO/c1-21(2)13-12-19(22)18(16-6-4-3-5-7-16)14-15-8-10-17(20)11-9-15/h3-11,14H,12-13H2,1-2H3/b18-14-. The number of carbonyl (C=O) groups is 1. The fraction of sp³-hybridized carbons (Fsp3) is 0.211. The maximum absolute atomic E-state index is 12.6. The van der Waals surface area contributed by atoms with E-state index >= 15 is 0 Å². The van der Waals surface area contributed by atoms with Crippen molar-refractivity contribution in [3.63, 3.8) is 0 Å². The molecule has 114 valence electrons. The molecule has 0 aromatic heterocycles. The van der Waals surface area contributed by atoms with Gasteiger partial charge in [-0.1, -0.05) is 58.4 Å². The molecule has 0 aliphatic rings. The van der Waals surface area contributed by atoms with Crippen LogP contribution in [0.25, 0.3) is 11.6 Å². The van der Waals surface area contributed by atoms with Crippen LogP contribution in [0.5, 0.6) is 0 Å². The first kappa shape index (κ1) is 16.7. The summed E-state index contributed by atoms with van der Waals surface area (Å²) in [6.45, 7) is 0.753. The van der Waals surface area contributed by atoms with Gasteiger partial charge in [0, 0.05) is 23.0 Å². The zero-order valence-corrected chi connectivity index (χ0v) is 14.5. The first-order valence-electron chi connectivity index (χ1n) is 7.27. The normalized spacial score (nSPS) is 11.7. The summed E-state index contributed by atoms with van der Waals surface area (Å²) in [6, 6.07) is 17.8. The lowest BCUT2D eigenvalue weighted by Gasteiger charge is -2.11. The van der Waals surface area contributed by atoms with Gasteiger partial charge in [-0.15, -0.1) is 0 Å². The Labute approximate surface area is 140 Å². The molecule has 2 aromatic carbocycles. The minimum Gasteiger partial charge on any atom is -0.309 e. The molecule has 0 bridgehead atoms. The van der Waals surface area contributed by atoms with Crippen LogP contribution < -0.4 is 0 Å². The Morgan fingerprint density at radius 1 is 1.05 bits per heavy atom. The van der Waals surface area contributed by atoms with E-state index in [1.54, 1.807) is 0 Å². The smallest absolute Gasteiger partial charge is 0.164 e. The van der Waals surface area contributed by atoms with E-state index in [1.165, 1.54) is 0 Å². The van der Waals surface area contributed by atoms with Crippen LogP contribution in [0.1, 0.15) is 17.5 Å². The number of hydrogen-bond donors (Lipinski definition) is 0. The van der Waals surface area contributed by atoms with Gasteiger partial charge >= 0.3 is 0 Å². The Bertz CT molecular complexity index is 645. The summed E-state index contributed by atoms with van der Waals surface area (Å²) in [5, 5.41) is 0. The van der Waals surface area contributed by atoms with Crippen molar-refractivity contribution in [2.75, 3.05) is 20.6 Å². The number of ketones is 1. The second kappa shape index (κ2) is 8.06. The third-order valence-electron chi connectivity index (χ3n) is 3.35. The molecule has 0 amide bonds. The molecular formula is C19H20BrNO. The first-order chi connectivity index (χ1) is 10.6. The second-order valence-corrected chi connectivity index (χ2v) is 6.37. The molecule has 0 saturated carbocycles. The van der Waals surface area contributed by atoms with Crippen LogP contribution in [0.2, 0.25) is 0 Å². The number of rotatable bonds is 6. The molecule has 0 aliphatic heterocycles. The van der Waals surface area contributed by atoms with Crippen LogP contribution in [0.4, 0.5) is 0 Å². The number of nitrogens with zero attached hydrogens (tertiary/aromatic N) is 1. The summed E-state index contributed by atoms with van der Waals surface area (Å²) in [5.74, 6) is 0.169. The number of benzene rings is 2. The summed E-state index contributed by atoms with van der Waals surface area (Å²) in [6.07, 6.45) is 2.49. The maximum Gasteiger partial charge on any atom is 0.164 e. The summed E-state index contributed by atoms with van der Waals surface area (Å²) in [7, 11) is 3.96. The molecule has 0 saturated heterocycles. The highest BCUT2D eigenvalue weighted by Crippen LogP contribution is 2.21. The van der Waals surface area contributed by atoms with Crippen LogP contribution in [0.3, 0.4) is 0 Å². The van der Waals surface area contributed by atoms with Crippen molar-refractivity contribution in [3.8, 4) is 0 Å². The molecule has 0 atom stereocenters. The van der Waals surface area contributed by atoms with Crippen molar-refractivity contribution in [3.05, 3.63) is 70.2 Å². The van der Waals surface area contributed by atoms with Gasteiger partial charge in [-0.25, -0.2) is 0 Å². The fourth-order valence-electron chi connectivity index (χ4n) is 2.13. The van der Waals surface area contributed by atoms with E-state index in [2.05, 4.69) is 15.9 Å². The van der Waals surface area contributed by atoms with Crippen LogP contribution >= 0.6 is 15.9 Å². The molecular weight excluding hydrogens is 338 g/mol. The van der Waals surface area contributed by atoms with Crippen molar-refractivity contribution in [1.82, 2.24) is 4.90 Å². The van der Waals surface area contributed by atoms with E-state index in [4.69, 9.17) is 0 Å². The van der Waals surface area contributed by atoms with Crippen LogP contribution in [0, 0.1) is 0 Å². The molecule has 0 aliphatic carbocycles. The highest BCUT2D eigenvalue weighted by Gasteiger charge is 2.12. The fourth-order valence-corrected chi connectivity index (χ4v) is 2.39. The molecule has 2 rings (SSSR count). The molecule has 2 aromatic rings. The third kappa shape index (κ3) is 4.93. The maximum atomic E-state index is 12.6. The quantitative estimate of drug-likeness (QED) is 0.559. The second-order valence-electron chi connectivity index (χ2n) is 5.45. The van der Waals surface area contributed by atoms with Crippen molar-refractivity contribution in [1.29, 1.82) is 0 Å². The average molecular weight is 358 g/mol. The van der Waals surface area contributed by atoms with E-state index in [0.717, 1.165) is 27.7 Å². The Hall–Kier alpha value is -1.71. The highest BCUT2D eigenvalue weighted by molar-refractivity contribution is 9.10. The SMILES string of the molecule is CN(C)CCC(=O)/C(=C\c1ccc(Br)cc1)c1ccccc1. The van der Waals surface area contributed by atoms with E-state index in [0.29, 0.717) is 6.42 Å². The predicted octanol–water partition coefficient (Wildman–Crippen LogP) is 4.51. The lowest BCUT2D eigenvalue weighted by Crippen LogP contribution is -2.17. The largest absolute Gasteiger partial charge is 0.309 e. The topological polar surface area (TPSA) is 20.3 Å². The molecule has 0 unspecified atom stereocenters. The zero-order chi connectivity index (χ0) is 15.9. The van der Waals surface area contributed by atoms with Gasteiger partial charge in [0.2, 0.25) is 0 Å². The lowest BCUT2D eigenvalue weighted by molar-refractivity contribution is -0.113. The molecule has 0 heterocycles. The van der Waals surface area contributed by atoms with E-state index in [1.807, 2.05) is 79.7 Å². The number of allylic oxidation sites excluding steroid dienone is 1. The van der Waals surface area contributed by atoms with Crippen LogP contribution in [-0.4, -0.2) is 31.3 Å². The monoisotopic (exact) mass is 357 g/mol. The van der Waals surface area contributed by atoms with Gasteiger partial charge in [0.1, 0.15) is 0 Å².